The average molecular weight is 413 g/mol. The number of carbonyl (C=O) groups excluding carboxylic acids is 1. The molecule has 3 aromatic rings. The molecule has 1 aromatic heterocycles. The minimum Gasteiger partial charge on any atom is -0.306 e. The van der Waals surface area contributed by atoms with E-state index in [0.717, 1.165) is 32.5 Å². The zero-order valence-corrected chi connectivity index (χ0v) is 17.0. The summed E-state index contributed by atoms with van der Waals surface area (Å²) in [5.74, 6) is -0.753. The van der Waals surface area contributed by atoms with E-state index in [2.05, 4.69) is 9.88 Å². The fourth-order valence-electron chi connectivity index (χ4n) is 4.23. The van der Waals surface area contributed by atoms with Crippen LogP contribution in [0.5, 0.6) is 0 Å². The lowest BCUT2D eigenvalue weighted by Gasteiger charge is -2.32. The van der Waals surface area contributed by atoms with Gasteiger partial charge in [0.25, 0.3) is 0 Å². The van der Waals surface area contributed by atoms with Crippen LogP contribution in [0.15, 0.2) is 41.2 Å². The number of nitrogens with one attached hydrogen (secondary N) is 1. The number of nitrogens with zero attached hydrogens (tertiary/aromatic N) is 2. The van der Waals surface area contributed by atoms with Crippen LogP contribution in [0.1, 0.15) is 47.6 Å². The van der Waals surface area contributed by atoms with Gasteiger partial charge in [0.15, 0.2) is 5.78 Å². The van der Waals surface area contributed by atoms with E-state index in [1.807, 2.05) is 0 Å². The quantitative estimate of drug-likeness (QED) is 0.616. The summed E-state index contributed by atoms with van der Waals surface area (Å²) >= 11 is 0. The number of aromatic nitrogens is 2. The predicted molar refractivity (Wildman–Crippen MR) is 112 cm³/mol. The highest BCUT2D eigenvalue weighted by molar-refractivity contribution is 5.96. The second-order valence-corrected chi connectivity index (χ2v) is 8.03. The Balaban J connectivity index is 1.31. The first-order valence-electron chi connectivity index (χ1n) is 10.3. The van der Waals surface area contributed by atoms with Crippen LogP contribution in [0.25, 0.3) is 11.0 Å². The number of hydrogen-bond acceptors (Lipinski definition) is 3. The highest BCUT2D eigenvalue weighted by atomic mass is 19.1. The number of Topliss-reactive ketones (excluding diaryl/α,β-unsaturated/α-hetero) is 1. The third-order valence-corrected chi connectivity index (χ3v) is 5.97. The number of benzene rings is 2. The minimum atomic E-state index is -0.356. The maximum atomic E-state index is 13.6. The van der Waals surface area contributed by atoms with Gasteiger partial charge in [-0.2, -0.15) is 0 Å². The summed E-state index contributed by atoms with van der Waals surface area (Å²) < 4.78 is 29.0. The van der Waals surface area contributed by atoms with Crippen molar-refractivity contribution in [2.45, 2.75) is 38.6 Å². The van der Waals surface area contributed by atoms with Crippen molar-refractivity contribution in [3.8, 4) is 0 Å². The van der Waals surface area contributed by atoms with Crippen molar-refractivity contribution in [2.75, 3.05) is 19.6 Å². The fraction of sp³-hybridized carbons (Fsp3) is 0.391. The molecule has 158 valence electrons. The molecule has 1 N–H and O–H groups in total. The maximum Gasteiger partial charge on any atom is 0.326 e. The number of rotatable bonds is 6. The van der Waals surface area contributed by atoms with Crippen molar-refractivity contribution in [3.05, 3.63) is 69.6 Å². The van der Waals surface area contributed by atoms with Crippen molar-refractivity contribution in [1.29, 1.82) is 0 Å². The van der Waals surface area contributed by atoms with E-state index in [-0.39, 0.29) is 29.1 Å². The van der Waals surface area contributed by atoms with E-state index in [4.69, 9.17) is 0 Å². The summed E-state index contributed by atoms with van der Waals surface area (Å²) in [6, 6.07) is 8.98. The molecular formula is C23H25F2N3O2. The Morgan fingerprint density at radius 3 is 2.63 bits per heavy atom. The van der Waals surface area contributed by atoms with Crippen molar-refractivity contribution >= 4 is 16.8 Å². The Labute approximate surface area is 173 Å². The van der Waals surface area contributed by atoms with Gasteiger partial charge in [-0.1, -0.05) is 12.1 Å². The van der Waals surface area contributed by atoms with Gasteiger partial charge >= 0.3 is 5.69 Å². The zero-order valence-electron chi connectivity index (χ0n) is 17.0. The molecule has 1 aliphatic heterocycles. The van der Waals surface area contributed by atoms with Crippen LogP contribution in [0.2, 0.25) is 0 Å². The molecule has 1 aliphatic rings. The Bertz CT molecular complexity index is 1130. The molecule has 7 heteroatoms. The van der Waals surface area contributed by atoms with E-state index < -0.39 is 0 Å². The van der Waals surface area contributed by atoms with E-state index in [0.29, 0.717) is 35.0 Å². The number of aryl methyl sites for hydroxylation is 1. The summed E-state index contributed by atoms with van der Waals surface area (Å²) in [5.41, 5.74) is 2.00. The molecular weight excluding hydrogens is 388 g/mol. The highest BCUT2D eigenvalue weighted by Crippen LogP contribution is 2.25. The SMILES string of the molecule is Cc1ccc(C(=O)CCCN2CCC(n3c(=O)[nH]c4ccc(F)cc43)CC2)cc1F. The lowest BCUT2D eigenvalue weighted by Crippen LogP contribution is -2.37. The third-order valence-electron chi connectivity index (χ3n) is 5.97. The lowest BCUT2D eigenvalue weighted by molar-refractivity contribution is 0.0970. The van der Waals surface area contributed by atoms with Gasteiger partial charge in [0.2, 0.25) is 0 Å². The number of ketones is 1. The number of halogens is 2. The van der Waals surface area contributed by atoms with Gasteiger partial charge in [-0.15, -0.1) is 0 Å². The topological polar surface area (TPSA) is 58.1 Å². The summed E-state index contributed by atoms with van der Waals surface area (Å²) in [5, 5.41) is 0. The van der Waals surface area contributed by atoms with Crippen LogP contribution >= 0.6 is 0 Å². The molecule has 0 spiro atoms. The van der Waals surface area contributed by atoms with E-state index in [1.54, 1.807) is 29.7 Å². The summed E-state index contributed by atoms with van der Waals surface area (Å²) in [7, 11) is 0. The van der Waals surface area contributed by atoms with E-state index in [9.17, 15) is 18.4 Å². The van der Waals surface area contributed by atoms with Crippen molar-refractivity contribution < 1.29 is 13.6 Å². The summed E-state index contributed by atoms with van der Waals surface area (Å²) in [4.78, 5) is 29.7. The van der Waals surface area contributed by atoms with Gasteiger partial charge in [0, 0.05) is 31.1 Å². The molecule has 0 unspecified atom stereocenters. The summed E-state index contributed by atoms with van der Waals surface area (Å²) in [6.07, 6.45) is 2.67. The Hall–Kier alpha value is -2.80. The van der Waals surface area contributed by atoms with Crippen molar-refractivity contribution in [3.63, 3.8) is 0 Å². The van der Waals surface area contributed by atoms with Crippen molar-refractivity contribution in [1.82, 2.24) is 14.5 Å². The number of aromatic amines is 1. The summed E-state index contributed by atoms with van der Waals surface area (Å²) in [6.45, 7) is 4.08. The van der Waals surface area contributed by atoms with Gasteiger partial charge in [-0.05, 0) is 62.6 Å². The van der Waals surface area contributed by atoms with Gasteiger partial charge in [-0.25, -0.2) is 13.6 Å². The molecule has 4 rings (SSSR count). The molecule has 1 fully saturated rings. The monoisotopic (exact) mass is 413 g/mol. The average Bonchev–Trinajstić information content (AvgIpc) is 3.05. The molecule has 0 bridgehead atoms. The first-order valence-corrected chi connectivity index (χ1v) is 10.3. The van der Waals surface area contributed by atoms with Gasteiger partial charge in [-0.3, -0.25) is 9.36 Å². The molecule has 0 radical (unpaired) electrons. The predicted octanol–water partition coefficient (Wildman–Crippen LogP) is 4.22. The molecule has 0 aliphatic carbocycles. The zero-order chi connectivity index (χ0) is 21.3. The van der Waals surface area contributed by atoms with Crippen molar-refractivity contribution in [2.24, 2.45) is 0 Å². The third kappa shape index (κ3) is 4.21. The number of imidazole rings is 1. The molecule has 2 aromatic carbocycles. The first kappa shape index (κ1) is 20.5. The minimum absolute atomic E-state index is 0.0291. The Morgan fingerprint density at radius 2 is 1.90 bits per heavy atom. The molecule has 0 amide bonds. The van der Waals surface area contributed by atoms with E-state index in [1.165, 1.54) is 18.2 Å². The van der Waals surface area contributed by atoms with Crippen LogP contribution < -0.4 is 5.69 Å². The number of H-pyrrole nitrogens is 1. The van der Waals surface area contributed by atoms with Crippen LogP contribution in [0, 0.1) is 18.6 Å². The standard InChI is InChI=1S/C23H25F2N3O2/c1-15-4-5-16(13-19(15)25)22(29)3-2-10-27-11-8-18(9-12-27)28-21-14-17(24)6-7-20(21)26-23(28)30/h4-7,13-14,18H,2-3,8-12H2,1H3,(H,26,30). The maximum absolute atomic E-state index is 13.6. The first-order chi connectivity index (χ1) is 14.4. The molecule has 0 atom stereocenters. The van der Waals surface area contributed by atoms with Crippen LogP contribution in [0.3, 0.4) is 0 Å². The van der Waals surface area contributed by atoms with Crippen LogP contribution in [0.4, 0.5) is 8.78 Å². The Morgan fingerprint density at radius 1 is 1.13 bits per heavy atom. The van der Waals surface area contributed by atoms with Crippen LogP contribution in [-0.4, -0.2) is 39.9 Å². The van der Waals surface area contributed by atoms with Gasteiger partial charge in [0.1, 0.15) is 11.6 Å². The molecule has 0 saturated carbocycles. The number of likely N-dealkylation sites (tertiary alicyclic amines) is 1. The van der Waals surface area contributed by atoms with Crippen LogP contribution in [-0.2, 0) is 0 Å². The molecule has 5 nitrogen and oxygen atoms in total. The second kappa shape index (κ2) is 8.52. The molecule has 2 heterocycles. The van der Waals surface area contributed by atoms with Gasteiger partial charge < -0.3 is 9.88 Å². The van der Waals surface area contributed by atoms with Gasteiger partial charge in [0.05, 0.1) is 11.0 Å². The largest absolute Gasteiger partial charge is 0.326 e. The second-order valence-electron chi connectivity index (χ2n) is 8.03. The highest BCUT2D eigenvalue weighted by Gasteiger charge is 2.23. The van der Waals surface area contributed by atoms with E-state index >= 15 is 0 Å². The number of piperidine rings is 1. The lowest BCUT2D eigenvalue weighted by atomic mass is 10.0. The smallest absolute Gasteiger partial charge is 0.306 e. The number of carbonyl (C=O) groups is 1. The normalized spacial score (nSPS) is 15.7. The molecule has 1 saturated heterocycles. The molecule has 30 heavy (non-hydrogen) atoms. The number of fused-ring (bicyclic) bond motifs is 1. The fourth-order valence-corrected chi connectivity index (χ4v) is 4.23. The Kier molecular flexibility index (Phi) is 5.81. The number of hydrogen-bond donors (Lipinski definition) is 1.